The minimum Gasteiger partial charge on any atom is -0.478 e. The van der Waals surface area contributed by atoms with Crippen molar-refractivity contribution in [1.82, 2.24) is 9.97 Å². The summed E-state index contributed by atoms with van der Waals surface area (Å²) in [4.78, 5) is 20.1. The number of ether oxygens (including phenoxy) is 1. The van der Waals surface area contributed by atoms with E-state index in [1.165, 1.54) is 24.2 Å². The number of benzene rings is 1. The van der Waals surface area contributed by atoms with E-state index in [1.54, 1.807) is 6.07 Å². The third-order valence-electron chi connectivity index (χ3n) is 2.99. The summed E-state index contributed by atoms with van der Waals surface area (Å²) >= 11 is 1.53. The molecular formula is C17H21N3O2S. The Morgan fingerprint density at radius 3 is 2.70 bits per heavy atom. The second-order valence-corrected chi connectivity index (χ2v) is 6.38. The van der Waals surface area contributed by atoms with Gasteiger partial charge in [-0.1, -0.05) is 49.0 Å². The smallest absolute Gasteiger partial charge is 0.222 e. The standard InChI is InChI=1S/C17H21N3O2S/c1-4-10-22-16-11-15(18-13(3)21)19-17(20-16)23-12(2)14-8-6-5-7-9-14/h5-9,11-12H,4,10H2,1-3H3,(H,18,19,20,21)/t12-/m1/s1. The first-order valence-electron chi connectivity index (χ1n) is 7.59. The van der Waals surface area contributed by atoms with Crippen LogP contribution in [0.4, 0.5) is 5.82 Å². The van der Waals surface area contributed by atoms with Crippen LogP contribution in [0.5, 0.6) is 5.88 Å². The summed E-state index contributed by atoms with van der Waals surface area (Å²) in [6, 6.07) is 11.8. The van der Waals surface area contributed by atoms with Gasteiger partial charge in [0.1, 0.15) is 5.82 Å². The van der Waals surface area contributed by atoms with Crippen molar-refractivity contribution in [2.45, 2.75) is 37.6 Å². The summed E-state index contributed by atoms with van der Waals surface area (Å²) in [6.45, 7) is 6.16. The van der Waals surface area contributed by atoms with Crippen molar-refractivity contribution in [1.29, 1.82) is 0 Å². The van der Waals surface area contributed by atoms with Crippen molar-refractivity contribution in [3.63, 3.8) is 0 Å². The van der Waals surface area contributed by atoms with Gasteiger partial charge in [-0.3, -0.25) is 4.79 Å². The van der Waals surface area contributed by atoms with Crippen LogP contribution in [0.1, 0.15) is 38.0 Å². The number of aromatic nitrogens is 2. The predicted molar refractivity (Wildman–Crippen MR) is 92.8 cm³/mol. The monoisotopic (exact) mass is 331 g/mol. The van der Waals surface area contributed by atoms with Crippen molar-refractivity contribution in [2.75, 3.05) is 11.9 Å². The molecule has 1 aromatic heterocycles. The Hall–Kier alpha value is -2.08. The van der Waals surface area contributed by atoms with Crippen LogP contribution in [0.2, 0.25) is 0 Å². The highest BCUT2D eigenvalue weighted by molar-refractivity contribution is 7.99. The first kappa shape index (κ1) is 17.3. The first-order chi connectivity index (χ1) is 11.1. The predicted octanol–water partition coefficient (Wildman–Crippen LogP) is 4.08. The number of amides is 1. The van der Waals surface area contributed by atoms with Crippen LogP contribution < -0.4 is 10.1 Å². The van der Waals surface area contributed by atoms with Crippen molar-refractivity contribution in [3.05, 3.63) is 42.0 Å². The number of nitrogens with one attached hydrogen (secondary N) is 1. The lowest BCUT2D eigenvalue weighted by atomic mass is 10.2. The molecule has 23 heavy (non-hydrogen) atoms. The molecule has 1 heterocycles. The highest BCUT2D eigenvalue weighted by atomic mass is 32.2. The maximum absolute atomic E-state index is 11.3. The largest absolute Gasteiger partial charge is 0.478 e. The molecule has 122 valence electrons. The van der Waals surface area contributed by atoms with Crippen LogP contribution in [0.15, 0.2) is 41.6 Å². The zero-order valence-corrected chi connectivity index (χ0v) is 14.4. The van der Waals surface area contributed by atoms with Gasteiger partial charge < -0.3 is 10.1 Å². The van der Waals surface area contributed by atoms with Gasteiger partial charge in [-0.15, -0.1) is 0 Å². The van der Waals surface area contributed by atoms with Crippen molar-refractivity contribution in [3.8, 4) is 5.88 Å². The lowest BCUT2D eigenvalue weighted by Gasteiger charge is -2.13. The van der Waals surface area contributed by atoms with E-state index in [2.05, 4.69) is 34.3 Å². The first-order valence-corrected chi connectivity index (χ1v) is 8.47. The molecule has 0 spiro atoms. The van der Waals surface area contributed by atoms with Gasteiger partial charge in [0, 0.05) is 18.2 Å². The average molecular weight is 331 g/mol. The average Bonchev–Trinajstić information content (AvgIpc) is 2.53. The number of nitrogens with zero attached hydrogens (tertiary/aromatic N) is 2. The fourth-order valence-electron chi connectivity index (χ4n) is 1.93. The van der Waals surface area contributed by atoms with E-state index in [1.807, 2.05) is 25.1 Å². The van der Waals surface area contributed by atoms with Gasteiger partial charge in [-0.2, -0.15) is 4.98 Å². The Balaban J connectivity index is 2.20. The Morgan fingerprint density at radius 2 is 2.04 bits per heavy atom. The van der Waals surface area contributed by atoms with Crippen LogP contribution in [0, 0.1) is 0 Å². The van der Waals surface area contributed by atoms with Crippen LogP contribution >= 0.6 is 11.8 Å². The van der Waals surface area contributed by atoms with E-state index in [9.17, 15) is 4.79 Å². The lowest BCUT2D eigenvalue weighted by Crippen LogP contribution is -2.09. The molecule has 6 heteroatoms. The van der Waals surface area contributed by atoms with Gasteiger partial charge in [0.15, 0.2) is 5.16 Å². The number of hydrogen-bond donors (Lipinski definition) is 1. The van der Waals surface area contributed by atoms with E-state index in [0.717, 1.165) is 6.42 Å². The van der Waals surface area contributed by atoms with Gasteiger partial charge >= 0.3 is 0 Å². The molecule has 0 aliphatic rings. The molecule has 0 radical (unpaired) electrons. The van der Waals surface area contributed by atoms with Crippen molar-refractivity contribution < 1.29 is 9.53 Å². The van der Waals surface area contributed by atoms with Crippen LogP contribution in [-0.4, -0.2) is 22.5 Å². The number of hydrogen-bond acceptors (Lipinski definition) is 5. The molecule has 0 aliphatic heterocycles. The fraction of sp³-hybridized carbons (Fsp3) is 0.353. The number of carbonyl (C=O) groups is 1. The van der Waals surface area contributed by atoms with E-state index < -0.39 is 0 Å². The summed E-state index contributed by atoms with van der Waals surface area (Å²) in [5.74, 6) is 0.770. The summed E-state index contributed by atoms with van der Waals surface area (Å²) in [5.41, 5.74) is 1.20. The molecule has 2 rings (SSSR count). The summed E-state index contributed by atoms with van der Waals surface area (Å²) in [6.07, 6.45) is 0.891. The van der Waals surface area contributed by atoms with E-state index in [-0.39, 0.29) is 11.2 Å². The maximum atomic E-state index is 11.3. The van der Waals surface area contributed by atoms with Crippen LogP contribution in [0.3, 0.4) is 0 Å². The molecule has 0 aliphatic carbocycles. The minimum atomic E-state index is -0.169. The fourth-order valence-corrected chi connectivity index (χ4v) is 2.83. The molecule has 1 N–H and O–H groups in total. The topological polar surface area (TPSA) is 64.1 Å². The van der Waals surface area contributed by atoms with Gasteiger partial charge in [0.25, 0.3) is 0 Å². The Labute approximate surface area is 140 Å². The molecule has 2 aromatic rings. The molecule has 0 saturated heterocycles. The third-order valence-corrected chi connectivity index (χ3v) is 4.01. The molecule has 0 bridgehead atoms. The Kier molecular flexibility index (Phi) is 6.40. The molecule has 0 unspecified atom stereocenters. The van der Waals surface area contributed by atoms with Crippen molar-refractivity contribution >= 4 is 23.5 Å². The van der Waals surface area contributed by atoms with E-state index in [4.69, 9.17) is 4.74 Å². The SMILES string of the molecule is CCCOc1cc(NC(C)=O)nc(S[C@H](C)c2ccccc2)n1. The molecular weight excluding hydrogens is 310 g/mol. The van der Waals surface area contributed by atoms with E-state index in [0.29, 0.717) is 23.5 Å². The number of rotatable bonds is 7. The summed E-state index contributed by atoms with van der Waals surface area (Å²) < 4.78 is 5.59. The zero-order valence-electron chi connectivity index (χ0n) is 13.6. The third kappa shape index (κ3) is 5.56. The number of thioether (sulfide) groups is 1. The van der Waals surface area contributed by atoms with Crippen LogP contribution in [-0.2, 0) is 4.79 Å². The highest BCUT2D eigenvalue weighted by Crippen LogP contribution is 2.34. The van der Waals surface area contributed by atoms with E-state index >= 15 is 0 Å². The van der Waals surface area contributed by atoms with Gasteiger partial charge in [0.2, 0.25) is 11.8 Å². The Bertz CT molecular complexity index is 650. The Morgan fingerprint density at radius 1 is 1.30 bits per heavy atom. The minimum absolute atomic E-state index is 0.169. The molecule has 1 atom stereocenters. The normalized spacial score (nSPS) is 11.8. The molecule has 0 fully saturated rings. The number of anilines is 1. The number of carbonyl (C=O) groups excluding carboxylic acids is 1. The second kappa shape index (κ2) is 8.53. The molecule has 0 saturated carbocycles. The molecule has 1 amide bonds. The van der Waals surface area contributed by atoms with Crippen LogP contribution in [0.25, 0.3) is 0 Å². The molecule has 1 aromatic carbocycles. The van der Waals surface area contributed by atoms with Crippen molar-refractivity contribution in [2.24, 2.45) is 0 Å². The second-order valence-electron chi connectivity index (χ2n) is 5.07. The van der Waals surface area contributed by atoms with Gasteiger partial charge in [-0.05, 0) is 18.9 Å². The summed E-state index contributed by atoms with van der Waals surface area (Å²) in [7, 11) is 0. The summed E-state index contributed by atoms with van der Waals surface area (Å²) in [5, 5.41) is 3.47. The maximum Gasteiger partial charge on any atom is 0.222 e. The van der Waals surface area contributed by atoms with Gasteiger partial charge in [-0.25, -0.2) is 4.98 Å². The lowest BCUT2D eigenvalue weighted by molar-refractivity contribution is -0.114. The highest BCUT2D eigenvalue weighted by Gasteiger charge is 2.12. The quantitative estimate of drug-likeness (QED) is 0.612. The van der Waals surface area contributed by atoms with Gasteiger partial charge in [0.05, 0.1) is 6.61 Å². The zero-order chi connectivity index (χ0) is 16.7. The molecule has 5 nitrogen and oxygen atoms in total.